The monoisotopic (exact) mass is 264 g/mol. The smallest absolute Gasteiger partial charge is 0.167 e. The average molecular weight is 264 g/mol. The third kappa shape index (κ3) is 2.45. The Kier molecular flexibility index (Phi) is 4.32. The van der Waals surface area contributed by atoms with Gasteiger partial charge in [-0.3, -0.25) is 9.59 Å². The predicted octanol–water partition coefficient (Wildman–Crippen LogP) is 2.24. The molecule has 0 saturated heterocycles. The van der Waals surface area contributed by atoms with Crippen molar-refractivity contribution in [2.45, 2.75) is 20.3 Å². The van der Waals surface area contributed by atoms with Crippen LogP contribution in [0.25, 0.3) is 0 Å². The summed E-state index contributed by atoms with van der Waals surface area (Å²) in [6.07, 6.45) is 1.71. The molecule has 2 N–H and O–H groups in total. The van der Waals surface area contributed by atoms with Crippen LogP contribution in [0.5, 0.6) is 17.2 Å². The largest absolute Gasteiger partial charge is 0.507 e. The molecule has 0 aliphatic heterocycles. The van der Waals surface area contributed by atoms with Crippen LogP contribution in [0.1, 0.15) is 40.1 Å². The van der Waals surface area contributed by atoms with Crippen LogP contribution in [0.15, 0.2) is 12.7 Å². The molecule has 0 heterocycles. The molecule has 0 spiro atoms. The summed E-state index contributed by atoms with van der Waals surface area (Å²) >= 11 is 0. The number of aromatic hydroxyl groups is 2. The molecule has 0 saturated carbocycles. The molecule has 0 aliphatic rings. The molecule has 0 fully saturated rings. The van der Waals surface area contributed by atoms with E-state index in [-0.39, 0.29) is 34.6 Å². The molecule has 5 heteroatoms. The third-order valence-corrected chi connectivity index (χ3v) is 2.75. The highest BCUT2D eigenvalue weighted by Crippen LogP contribution is 2.43. The molecule has 1 rings (SSSR count). The van der Waals surface area contributed by atoms with E-state index in [1.165, 1.54) is 27.0 Å². The van der Waals surface area contributed by atoms with E-state index in [0.29, 0.717) is 0 Å². The zero-order valence-electron chi connectivity index (χ0n) is 11.1. The van der Waals surface area contributed by atoms with E-state index in [1.54, 1.807) is 0 Å². The van der Waals surface area contributed by atoms with Gasteiger partial charge in [-0.2, -0.15) is 0 Å². The van der Waals surface area contributed by atoms with Gasteiger partial charge in [0.05, 0.1) is 7.11 Å². The number of rotatable bonds is 5. The number of hydrogen-bond donors (Lipinski definition) is 2. The van der Waals surface area contributed by atoms with Gasteiger partial charge in [0.2, 0.25) is 0 Å². The minimum atomic E-state index is -0.554. The molecule has 19 heavy (non-hydrogen) atoms. The second-order valence-electron chi connectivity index (χ2n) is 4.06. The van der Waals surface area contributed by atoms with Gasteiger partial charge < -0.3 is 14.9 Å². The second kappa shape index (κ2) is 5.56. The minimum absolute atomic E-state index is 0.0624. The Balaban J connectivity index is 3.87. The first kappa shape index (κ1) is 14.8. The lowest BCUT2D eigenvalue weighted by atomic mass is 9.94. The summed E-state index contributed by atoms with van der Waals surface area (Å²) in [6, 6.07) is 0. The topological polar surface area (TPSA) is 83.8 Å². The van der Waals surface area contributed by atoms with Gasteiger partial charge in [0.15, 0.2) is 11.6 Å². The number of phenols is 2. The van der Waals surface area contributed by atoms with Gasteiger partial charge in [-0.1, -0.05) is 6.08 Å². The number of carbonyl (C=O) groups excluding carboxylic acids is 2. The number of ether oxygens (including phenoxy) is 1. The highest BCUT2D eigenvalue weighted by atomic mass is 16.5. The van der Waals surface area contributed by atoms with Gasteiger partial charge in [-0.15, -0.1) is 6.58 Å². The molecule has 1 aromatic rings. The van der Waals surface area contributed by atoms with Gasteiger partial charge >= 0.3 is 0 Å². The van der Waals surface area contributed by atoms with Gasteiger partial charge in [-0.25, -0.2) is 0 Å². The van der Waals surface area contributed by atoms with Crippen LogP contribution in [0.4, 0.5) is 0 Å². The molecule has 0 unspecified atom stereocenters. The second-order valence-corrected chi connectivity index (χ2v) is 4.06. The van der Waals surface area contributed by atoms with Crippen LogP contribution in [0.3, 0.4) is 0 Å². The van der Waals surface area contributed by atoms with Crippen LogP contribution in [0.2, 0.25) is 0 Å². The summed E-state index contributed by atoms with van der Waals surface area (Å²) in [5.41, 5.74) is -0.129. The van der Waals surface area contributed by atoms with Crippen LogP contribution in [-0.4, -0.2) is 28.9 Å². The number of allylic oxidation sites excluding steroid dienone is 1. The Hall–Kier alpha value is -2.30. The fourth-order valence-electron chi connectivity index (χ4n) is 1.97. The Labute approximate surface area is 111 Å². The maximum atomic E-state index is 11.6. The van der Waals surface area contributed by atoms with E-state index in [1.807, 2.05) is 0 Å². The molecule has 1 aromatic carbocycles. The number of carbonyl (C=O) groups is 2. The van der Waals surface area contributed by atoms with Crippen molar-refractivity contribution in [3.05, 3.63) is 29.3 Å². The average Bonchev–Trinajstić information content (AvgIpc) is 2.31. The quantitative estimate of drug-likeness (QED) is 0.629. The summed E-state index contributed by atoms with van der Waals surface area (Å²) in [5.74, 6) is -1.87. The minimum Gasteiger partial charge on any atom is -0.507 e. The number of hydrogen-bond acceptors (Lipinski definition) is 5. The molecule has 0 bridgehead atoms. The number of benzene rings is 1. The van der Waals surface area contributed by atoms with Gasteiger partial charge in [0.25, 0.3) is 0 Å². The molecule has 5 nitrogen and oxygen atoms in total. The SMILES string of the molecule is C=CCc1c(O)c(C(C)=O)c(O)c(C(C)=O)c1OC. The van der Waals surface area contributed by atoms with E-state index in [2.05, 4.69) is 6.58 Å². The first-order valence-corrected chi connectivity index (χ1v) is 5.64. The lowest BCUT2D eigenvalue weighted by molar-refractivity contribution is 0.101. The lowest BCUT2D eigenvalue weighted by Crippen LogP contribution is -2.07. The molecule has 0 aromatic heterocycles. The Morgan fingerprint density at radius 3 is 2.05 bits per heavy atom. The molecule has 0 atom stereocenters. The van der Waals surface area contributed by atoms with Crippen molar-refractivity contribution >= 4 is 11.6 Å². The van der Waals surface area contributed by atoms with Crippen molar-refractivity contribution in [3.63, 3.8) is 0 Å². The molecule has 102 valence electrons. The summed E-state index contributed by atoms with van der Waals surface area (Å²) < 4.78 is 5.09. The standard InChI is InChI=1S/C14H16O5/c1-5-6-9-12(17)10(7(2)15)13(18)11(8(3)16)14(9)19-4/h5,17-18H,1,6H2,2-4H3. The Bertz CT molecular complexity index is 558. The summed E-state index contributed by atoms with van der Waals surface area (Å²) in [5, 5.41) is 20.1. The molecular weight excluding hydrogens is 248 g/mol. The van der Waals surface area contributed by atoms with Crippen molar-refractivity contribution in [1.29, 1.82) is 0 Å². The zero-order chi connectivity index (χ0) is 14.7. The zero-order valence-corrected chi connectivity index (χ0v) is 11.1. The fourth-order valence-corrected chi connectivity index (χ4v) is 1.97. The molecular formula is C14H16O5. The van der Waals surface area contributed by atoms with Crippen molar-refractivity contribution in [1.82, 2.24) is 0 Å². The summed E-state index contributed by atoms with van der Waals surface area (Å²) in [4.78, 5) is 23.1. The van der Waals surface area contributed by atoms with Crippen molar-refractivity contribution < 1.29 is 24.5 Å². The highest BCUT2D eigenvalue weighted by molar-refractivity contribution is 6.08. The van der Waals surface area contributed by atoms with Crippen LogP contribution in [-0.2, 0) is 6.42 Å². The van der Waals surface area contributed by atoms with Crippen molar-refractivity contribution in [2.75, 3.05) is 7.11 Å². The van der Waals surface area contributed by atoms with Crippen LogP contribution < -0.4 is 4.74 Å². The lowest BCUT2D eigenvalue weighted by Gasteiger charge is -2.17. The fraction of sp³-hybridized carbons (Fsp3) is 0.286. The highest BCUT2D eigenvalue weighted by Gasteiger charge is 2.27. The maximum Gasteiger partial charge on any atom is 0.167 e. The molecule has 0 aliphatic carbocycles. The van der Waals surface area contributed by atoms with E-state index in [0.717, 1.165) is 0 Å². The summed E-state index contributed by atoms with van der Waals surface area (Å²) in [7, 11) is 1.32. The van der Waals surface area contributed by atoms with Crippen LogP contribution in [0, 0.1) is 0 Å². The van der Waals surface area contributed by atoms with Crippen molar-refractivity contribution in [2.24, 2.45) is 0 Å². The first-order valence-electron chi connectivity index (χ1n) is 5.64. The Morgan fingerprint density at radius 1 is 1.16 bits per heavy atom. The maximum absolute atomic E-state index is 11.6. The van der Waals surface area contributed by atoms with E-state index >= 15 is 0 Å². The van der Waals surface area contributed by atoms with E-state index < -0.39 is 17.3 Å². The number of phenolic OH excluding ortho intramolecular Hbond substituents is 2. The first-order chi connectivity index (χ1) is 8.86. The molecule has 0 radical (unpaired) electrons. The third-order valence-electron chi connectivity index (χ3n) is 2.75. The van der Waals surface area contributed by atoms with Crippen molar-refractivity contribution in [3.8, 4) is 17.2 Å². The summed E-state index contributed by atoms with van der Waals surface area (Å²) in [6.45, 7) is 5.99. The van der Waals surface area contributed by atoms with Gasteiger partial charge in [-0.05, 0) is 20.3 Å². The number of methoxy groups -OCH3 is 1. The van der Waals surface area contributed by atoms with Gasteiger partial charge in [0, 0.05) is 5.56 Å². The number of ketones is 2. The van der Waals surface area contributed by atoms with Gasteiger partial charge in [0.1, 0.15) is 28.4 Å². The predicted molar refractivity (Wildman–Crippen MR) is 70.2 cm³/mol. The Morgan fingerprint density at radius 2 is 1.68 bits per heavy atom. The molecule has 0 amide bonds. The van der Waals surface area contributed by atoms with E-state index in [9.17, 15) is 19.8 Å². The number of Topliss-reactive ketones (excluding diaryl/α,β-unsaturated/α-hetero) is 2. The van der Waals surface area contributed by atoms with Crippen LogP contribution >= 0.6 is 0 Å². The normalized spacial score (nSPS) is 10.1. The van der Waals surface area contributed by atoms with E-state index in [4.69, 9.17) is 4.74 Å².